The van der Waals surface area contributed by atoms with Crippen molar-refractivity contribution in [1.82, 2.24) is 14.9 Å². The average molecular weight is 463 g/mol. The van der Waals surface area contributed by atoms with Crippen LogP contribution in [0.25, 0.3) is 28.3 Å². The molecule has 1 atom stereocenters. The van der Waals surface area contributed by atoms with Crippen LogP contribution in [0.4, 0.5) is 17.6 Å². The zero-order chi connectivity index (χ0) is 23.0. The molecule has 0 aliphatic carbocycles. The third-order valence-electron chi connectivity index (χ3n) is 4.56. The summed E-state index contributed by atoms with van der Waals surface area (Å²) in [4.78, 5) is 12.5. The quantitative estimate of drug-likeness (QED) is 0.232. The fraction of sp³-hybridized carbons (Fsp3) is 0.0952. The summed E-state index contributed by atoms with van der Waals surface area (Å²) in [6, 6.07) is 10.1. The number of nitrogens with zero attached hydrogens (tertiary/aromatic N) is 3. The van der Waals surface area contributed by atoms with Crippen LogP contribution in [0.2, 0.25) is 0 Å². The Labute approximate surface area is 181 Å². The molecule has 11 heteroatoms. The number of hydrogen-bond donors (Lipinski definition) is 0. The highest BCUT2D eigenvalue weighted by Gasteiger charge is 2.38. The number of halogens is 4. The van der Waals surface area contributed by atoms with Gasteiger partial charge in [-0.05, 0) is 30.3 Å². The number of carbonyl (C=O) groups excluding carboxylic acids is 1. The van der Waals surface area contributed by atoms with Gasteiger partial charge in [0.2, 0.25) is 0 Å². The lowest BCUT2D eigenvalue weighted by atomic mass is 10.0. The highest BCUT2D eigenvalue weighted by atomic mass is 31.0. The molecule has 1 unspecified atom stereocenters. The van der Waals surface area contributed by atoms with E-state index in [1.165, 1.54) is 39.6 Å². The van der Waals surface area contributed by atoms with Crippen LogP contribution in [-0.4, -0.2) is 28.0 Å². The lowest BCUT2D eigenvalue weighted by molar-refractivity contribution is 0.0601. The topological polar surface area (TPSA) is 70.2 Å². The second-order valence-corrected chi connectivity index (χ2v) is 7.38. The fourth-order valence-corrected chi connectivity index (χ4v) is 3.51. The van der Waals surface area contributed by atoms with E-state index < -0.39 is 29.0 Å². The molecule has 0 saturated heterocycles. The van der Waals surface area contributed by atoms with Gasteiger partial charge in [0.25, 0.3) is 0 Å². The van der Waals surface area contributed by atoms with Gasteiger partial charge in [0.05, 0.1) is 24.6 Å². The van der Waals surface area contributed by atoms with Crippen molar-refractivity contribution < 1.29 is 31.6 Å². The third kappa shape index (κ3) is 3.89. The first-order valence-electron chi connectivity index (χ1n) is 9.06. The summed E-state index contributed by atoms with van der Waals surface area (Å²) in [5.41, 5.74) is -4.70. The monoisotopic (exact) mass is 463 g/mol. The molecule has 4 rings (SSSR count). The zero-order valence-corrected chi connectivity index (χ0v) is 17.5. The molecule has 2 aromatic heterocycles. The highest BCUT2D eigenvalue weighted by molar-refractivity contribution is 7.17. The molecule has 0 fully saturated rings. The van der Waals surface area contributed by atoms with Gasteiger partial charge in [0.15, 0.2) is 5.76 Å². The Morgan fingerprint density at radius 1 is 1.12 bits per heavy atom. The van der Waals surface area contributed by atoms with Crippen LogP contribution in [0.5, 0.6) is 0 Å². The maximum atomic E-state index is 14.7. The molecule has 0 saturated carbocycles. The number of alkyl halides is 2. The molecule has 2 aromatic carbocycles. The summed E-state index contributed by atoms with van der Waals surface area (Å²) in [6.07, 6.45) is 1.04. The van der Waals surface area contributed by atoms with Crippen LogP contribution < -0.4 is 0 Å². The maximum Gasteiger partial charge on any atom is 0.344 e. The summed E-state index contributed by atoms with van der Waals surface area (Å²) < 4.78 is 67.6. The first kappa shape index (κ1) is 21.7. The summed E-state index contributed by atoms with van der Waals surface area (Å²) in [7, 11) is 2.47. The lowest BCUT2D eigenvalue weighted by Gasteiger charge is -2.15. The summed E-state index contributed by atoms with van der Waals surface area (Å²) >= 11 is 0. The van der Waals surface area contributed by atoms with E-state index in [2.05, 4.69) is 10.3 Å². The van der Waals surface area contributed by atoms with E-state index in [1.807, 2.05) is 0 Å². The van der Waals surface area contributed by atoms with Crippen LogP contribution in [0.1, 0.15) is 16.1 Å². The molecule has 6 nitrogen and oxygen atoms in total. The van der Waals surface area contributed by atoms with Gasteiger partial charge in [-0.3, -0.25) is 0 Å². The Balaban J connectivity index is 1.97. The Morgan fingerprint density at radius 3 is 2.44 bits per heavy atom. The number of esters is 1. The van der Waals surface area contributed by atoms with E-state index in [-0.39, 0.29) is 33.8 Å². The minimum absolute atomic E-state index is 0.0258. The molecule has 32 heavy (non-hydrogen) atoms. The van der Waals surface area contributed by atoms with Gasteiger partial charge in [-0.15, -0.1) is 0 Å². The number of rotatable bonds is 5. The molecule has 0 bridgehead atoms. The van der Waals surface area contributed by atoms with Crippen molar-refractivity contribution in [2.45, 2.75) is 5.66 Å². The standard InChI is InChI=1S/C21H14F4N3O3P/c1-30-20(29)16-17(11-4-2-5-12(22)8-11)27-31-18(16)15-10-26-28(19(15)21(24,25)32)14-7-3-6-13(23)9-14/h2-10H,32H2,1H3. The number of hydrogen-bond acceptors (Lipinski definition) is 5. The lowest BCUT2D eigenvalue weighted by Crippen LogP contribution is -2.13. The summed E-state index contributed by atoms with van der Waals surface area (Å²) in [5.74, 6) is -2.53. The molecule has 0 amide bonds. The van der Waals surface area contributed by atoms with Crippen LogP contribution >= 0.6 is 9.24 Å². The first-order chi connectivity index (χ1) is 15.2. The van der Waals surface area contributed by atoms with E-state index in [0.29, 0.717) is 0 Å². The molecule has 0 radical (unpaired) electrons. The van der Waals surface area contributed by atoms with Crippen molar-refractivity contribution in [3.8, 4) is 28.3 Å². The van der Waals surface area contributed by atoms with E-state index in [4.69, 9.17) is 9.26 Å². The van der Waals surface area contributed by atoms with Gasteiger partial charge < -0.3 is 9.26 Å². The van der Waals surface area contributed by atoms with Crippen molar-refractivity contribution in [3.05, 3.63) is 77.6 Å². The van der Waals surface area contributed by atoms with Crippen LogP contribution in [-0.2, 0) is 10.4 Å². The smallest absolute Gasteiger partial charge is 0.344 e. The predicted molar refractivity (Wildman–Crippen MR) is 109 cm³/mol. The Bertz CT molecular complexity index is 1310. The van der Waals surface area contributed by atoms with Gasteiger partial charge in [-0.25, -0.2) is 18.3 Å². The molecule has 0 aliphatic heterocycles. The van der Waals surface area contributed by atoms with Crippen molar-refractivity contribution in [3.63, 3.8) is 0 Å². The van der Waals surface area contributed by atoms with Crippen LogP contribution in [0, 0.1) is 11.6 Å². The second kappa shape index (κ2) is 8.20. The van der Waals surface area contributed by atoms with E-state index in [0.717, 1.165) is 36.2 Å². The zero-order valence-electron chi connectivity index (χ0n) is 16.4. The third-order valence-corrected chi connectivity index (χ3v) is 4.84. The molecule has 164 valence electrons. The average Bonchev–Trinajstić information content (AvgIpc) is 3.37. The predicted octanol–water partition coefficient (Wildman–Crippen LogP) is 5.18. The number of methoxy groups -OCH3 is 1. The van der Waals surface area contributed by atoms with Crippen LogP contribution in [0.3, 0.4) is 0 Å². The molecular formula is C21H14F4N3O3P. The Kier molecular flexibility index (Phi) is 5.56. The maximum absolute atomic E-state index is 14.7. The van der Waals surface area contributed by atoms with Crippen molar-refractivity contribution in [1.29, 1.82) is 0 Å². The second-order valence-electron chi connectivity index (χ2n) is 6.66. The number of ether oxygens (including phenoxy) is 1. The van der Waals surface area contributed by atoms with Crippen LogP contribution in [0.15, 0.2) is 59.3 Å². The first-order valence-corrected chi connectivity index (χ1v) is 9.64. The normalized spacial score (nSPS) is 11.6. The van der Waals surface area contributed by atoms with Gasteiger partial charge >= 0.3 is 11.6 Å². The molecule has 4 aromatic rings. The molecule has 0 aliphatic rings. The van der Waals surface area contributed by atoms with Crippen molar-refractivity contribution in [2.75, 3.05) is 7.11 Å². The van der Waals surface area contributed by atoms with E-state index >= 15 is 0 Å². The van der Waals surface area contributed by atoms with Crippen molar-refractivity contribution >= 4 is 15.2 Å². The van der Waals surface area contributed by atoms with Gasteiger partial charge in [-0.1, -0.05) is 32.6 Å². The largest absolute Gasteiger partial charge is 0.465 e. The van der Waals surface area contributed by atoms with E-state index in [1.54, 1.807) is 0 Å². The molecule has 0 spiro atoms. The minimum atomic E-state index is -3.56. The van der Waals surface area contributed by atoms with Gasteiger partial charge in [0.1, 0.15) is 28.6 Å². The molecule has 2 heterocycles. The Morgan fingerprint density at radius 2 is 1.81 bits per heavy atom. The minimum Gasteiger partial charge on any atom is -0.465 e. The van der Waals surface area contributed by atoms with Gasteiger partial charge in [-0.2, -0.15) is 13.9 Å². The fourth-order valence-electron chi connectivity index (χ4n) is 3.24. The summed E-state index contributed by atoms with van der Waals surface area (Å²) in [5, 5.41) is 7.75. The SMILES string of the molecule is COC(=O)c1c(-c2cccc(F)c2)noc1-c1cnn(-c2cccc(F)c2)c1C(F)(F)P. The number of carbonyl (C=O) groups is 1. The number of aromatic nitrogens is 3. The van der Waals surface area contributed by atoms with E-state index in [9.17, 15) is 22.4 Å². The van der Waals surface area contributed by atoms with Gasteiger partial charge in [0, 0.05) is 5.56 Å². The molecular weight excluding hydrogens is 449 g/mol. The summed E-state index contributed by atoms with van der Waals surface area (Å²) in [6.45, 7) is 0. The Hall–Kier alpha value is -3.52. The molecule has 0 N–H and O–H groups in total. The van der Waals surface area contributed by atoms with Crippen molar-refractivity contribution in [2.24, 2.45) is 0 Å². The number of benzene rings is 2. The highest BCUT2D eigenvalue weighted by Crippen LogP contribution is 2.44.